The van der Waals surface area contributed by atoms with E-state index in [0.717, 1.165) is 0 Å². The summed E-state index contributed by atoms with van der Waals surface area (Å²) in [6.45, 7) is 4.14. The van der Waals surface area contributed by atoms with E-state index < -0.39 is 5.82 Å². The van der Waals surface area contributed by atoms with E-state index >= 15 is 0 Å². The number of halogens is 1. The van der Waals surface area contributed by atoms with Crippen molar-refractivity contribution >= 4 is 0 Å². The van der Waals surface area contributed by atoms with E-state index in [1.807, 2.05) is 0 Å². The van der Waals surface area contributed by atoms with Gasteiger partial charge >= 0.3 is 0 Å². The van der Waals surface area contributed by atoms with E-state index in [0.29, 0.717) is 18.8 Å². The molecular weight excluding hydrogens is 183 g/mol. The van der Waals surface area contributed by atoms with Crippen molar-refractivity contribution in [2.24, 2.45) is 0 Å². The molecule has 1 rings (SSSR count). The molecule has 0 N–H and O–H groups in total. The summed E-state index contributed by atoms with van der Waals surface area (Å²) in [6.07, 6.45) is 2.49. The van der Waals surface area contributed by atoms with E-state index in [-0.39, 0.29) is 5.75 Å². The molecule has 1 aromatic carbocycles. The van der Waals surface area contributed by atoms with Crippen molar-refractivity contribution in [3.05, 3.63) is 42.2 Å². The Bertz CT molecular complexity index is 310. The Hall–Kier alpha value is -1.35. The lowest BCUT2D eigenvalue weighted by atomic mass is 10.2. The molecule has 0 spiro atoms. The average molecular weight is 195 g/mol. The Kier molecular flexibility index (Phi) is 4.13. The number of hydrogen-bond donors (Lipinski definition) is 0. The van der Waals surface area contributed by atoms with Gasteiger partial charge in [-0.25, -0.2) is 4.39 Å². The fourth-order valence-corrected chi connectivity index (χ4v) is 0.994. The largest absolute Gasteiger partial charge is 0.488 e. The molecule has 3 heteroatoms. The molecule has 0 unspecified atom stereocenters. The van der Waals surface area contributed by atoms with Crippen molar-refractivity contribution in [3.8, 4) is 5.75 Å². The predicted molar refractivity (Wildman–Crippen MR) is 51.7 cm³/mol. The molecule has 0 fully saturated rings. The van der Waals surface area contributed by atoms with Crippen LogP contribution in [-0.2, 0) is 4.74 Å². The Morgan fingerprint density at radius 3 is 2.86 bits per heavy atom. The molecule has 0 saturated heterocycles. The zero-order chi connectivity index (χ0) is 10.4. The summed E-state index contributed by atoms with van der Waals surface area (Å²) in [6, 6.07) is 4.84. The zero-order valence-corrected chi connectivity index (χ0v) is 8.05. The third-order valence-electron chi connectivity index (χ3n) is 1.70. The molecule has 0 amide bonds. The lowest BCUT2D eigenvalue weighted by Gasteiger charge is -2.07. The molecule has 0 aliphatic carbocycles. The van der Waals surface area contributed by atoms with Gasteiger partial charge < -0.3 is 9.47 Å². The van der Waals surface area contributed by atoms with E-state index in [1.165, 1.54) is 0 Å². The van der Waals surface area contributed by atoms with E-state index in [2.05, 4.69) is 12.7 Å². The maximum absolute atomic E-state index is 13.4. The van der Waals surface area contributed by atoms with Crippen LogP contribution in [0.5, 0.6) is 5.75 Å². The fourth-order valence-electron chi connectivity index (χ4n) is 0.994. The highest BCUT2D eigenvalue weighted by atomic mass is 19.1. The number of ether oxygens (including phenoxy) is 2. The summed E-state index contributed by atoms with van der Waals surface area (Å²) >= 11 is 0. The maximum Gasteiger partial charge on any atom is 0.172 e. The molecule has 0 aliphatic rings. The number of hydrogen-bond acceptors (Lipinski definition) is 2. The SMILES string of the molecule is C=[C]c1cccc(OCCOC)c1F. The van der Waals surface area contributed by atoms with Crippen molar-refractivity contribution in [2.75, 3.05) is 20.3 Å². The minimum absolute atomic E-state index is 0.204. The van der Waals surface area contributed by atoms with Gasteiger partial charge in [-0.15, -0.1) is 0 Å². The van der Waals surface area contributed by atoms with Crippen LogP contribution in [0.25, 0.3) is 0 Å². The molecule has 0 aliphatic heterocycles. The second-order valence-corrected chi connectivity index (χ2v) is 2.64. The highest BCUT2D eigenvalue weighted by molar-refractivity contribution is 5.34. The third kappa shape index (κ3) is 2.57. The van der Waals surface area contributed by atoms with Crippen LogP contribution in [-0.4, -0.2) is 20.3 Å². The minimum Gasteiger partial charge on any atom is -0.488 e. The third-order valence-corrected chi connectivity index (χ3v) is 1.70. The normalized spacial score (nSPS) is 9.86. The summed E-state index contributed by atoms with van der Waals surface area (Å²) in [5, 5.41) is 0. The Labute approximate surface area is 83.0 Å². The lowest BCUT2D eigenvalue weighted by Crippen LogP contribution is -2.05. The predicted octanol–water partition coefficient (Wildman–Crippen LogP) is 2.19. The molecular formula is C11H12FO2. The zero-order valence-electron chi connectivity index (χ0n) is 8.05. The van der Waals surface area contributed by atoms with Gasteiger partial charge in [-0.05, 0) is 12.1 Å². The van der Waals surface area contributed by atoms with Gasteiger partial charge in [0.1, 0.15) is 6.61 Å². The molecule has 0 saturated carbocycles. The van der Waals surface area contributed by atoms with Gasteiger partial charge in [0.15, 0.2) is 11.6 Å². The van der Waals surface area contributed by atoms with Crippen LogP contribution >= 0.6 is 0 Å². The Balaban J connectivity index is 2.71. The van der Waals surface area contributed by atoms with Gasteiger partial charge in [0.2, 0.25) is 0 Å². The summed E-state index contributed by atoms with van der Waals surface area (Å²) in [5.74, 6) is -0.227. The standard InChI is InChI=1S/C11H12FO2/c1-3-9-5-4-6-10(11(9)12)14-8-7-13-2/h4-6H,1,7-8H2,2H3. The minimum atomic E-state index is -0.432. The second-order valence-electron chi connectivity index (χ2n) is 2.64. The molecule has 14 heavy (non-hydrogen) atoms. The summed E-state index contributed by atoms with van der Waals surface area (Å²) in [4.78, 5) is 0. The van der Waals surface area contributed by atoms with Gasteiger partial charge in [0, 0.05) is 12.7 Å². The van der Waals surface area contributed by atoms with Crippen molar-refractivity contribution in [1.82, 2.24) is 0 Å². The lowest BCUT2D eigenvalue weighted by molar-refractivity contribution is 0.144. The first-order chi connectivity index (χ1) is 6.79. The summed E-state index contributed by atoms with van der Waals surface area (Å²) < 4.78 is 23.4. The number of rotatable bonds is 5. The van der Waals surface area contributed by atoms with Gasteiger partial charge in [-0.3, -0.25) is 0 Å². The van der Waals surface area contributed by atoms with Crippen LogP contribution in [0.4, 0.5) is 4.39 Å². The van der Waals surface area contributed by atoms with Crippen LogP contribution in [0.1, 0.15) is 5.56 Å². The van der Waals surface area contributed by atoms with Gasteiger partial charge in [0.05, 0.1) is 6.61 Å². The molecule has 2 nitrogen and oxygen atoms in total. The molecule has 0 heterocycles. The quantitative estimate of drug-likeness (QED) is 0.670. The molecule has 1 radical (unpaired) electrons. The van der Waals surface area contributed by atoms with Crippen LogP contribution in [0.2, 0.25) is 0 Å². The Morgan fingerprint density at radius 1 is 1.43 bits per heavy atom. The maximum atomic E-state index is 13.4. The monoisotopic (exact) mass is 195 g/mol. The van der Waals surface area contributed by atoms with Gasteiger partial charge in [-0.1, -0.05) is 18.7 Å². The summed E-state index contributed by atoms with van der Waals surface area (Å²) in [7, 11) is 1.56. The summed E-state index contributed by atoms with van der Waals surface area (Å²) in [5.41, 5.74) is 0.319. The molecule has 0 bridgehead atoms. The highest BCUT2D eigenvalue weighted by Crippen LogP contribution is 2.19. The van der Waals surface area contributed by atoms with Gasteiger partial charge in [0.25, 0.3) is 0 Å². The van der Waals surface area contributed by atoms with E-state index in [4.69, 9.17) is 9.47 Å². The van der Waals surface area contributed by atoms with Crippen molar-refractivity contribution in [2.45, 2.75) is 0 Å². The topological polar surface area (TPSA) is 18.5 Å². The van der Waals surface area contributed by atoms with Crippen molar-refractivity contribution in [3.63, 3.8) is 0 Å². The number of benzene rings is 1. The molecule has 75 valence electrons. The highest BCUT2D eigenvalue weighted by Gasteiger charge is 2.06. The molecule has 0 aromatic heterocycles. The Morgan fingerprint density at radius 2 is 2.21 bits per heavy atom. The first kappa shape index (κ1) is 10.7. The molecule has 0 atom stereocenters. The van der Waals surface area contributed by atoms with Crippen molar-refractivity contribution in [1.29, 1.82) is 0 Å². The van der Waals surface area contributed by atoms with E-state index in [9.17, 15) is 4.39 Å². The van der Waals surface area contributed by atoms with Crippen LogP contribution in [0.3, 0.4) is 0 Å². The average Bonchev–Trinajstić information content (AvgIpc) is 2.21. The van der Waals surface area contributed by atoms with Crippen molar-refractivity contribution < 1.29 is 13.9 Å². The van der Waals surface area contributed by atoms with Crippen LogP contribution < -0.4 is 4.74 Å². The van der Waals surface area contributed by atoms with Crippen LogP contribution in [0.15, 0.2) is 24.8 Å². The van der Waals surface area contributed by atoms with E-state index in [1.54, 1.807) is 25.3 Å². The first-order valence-electron chi connectivity index (χ1n) is 4.23. The molecule has 1 aromatic rings. The second kappa shape index (κ2) is 5.40. The number of methoxy groups -OCH3 is 1. The van der Waals surface area contributed by atoms with Gasteiger partial charge in [-0.2, -0.15) is 0 Å². The first-order valence-corrected chi connectivity index (χ1v) is 4.23. The smallest absolute Gasteiger partial charge is 0.172 e. The fraction of sp³-hybridized carbons (Fsp3) is 0.273. The van der Waals surface area contributed by atoms with Crippen LogP contribution in [0, 0.1) is 11.9 Å².